The molecule has 14 heavy (non-hydrogen) atoms. The number of aliphatic hydroxyl groups excluding tert-OH is 1. The molecule has 0 amide bonds. The van der Waals surface area contributed by atoms with E-state index in [1.165, 1.54) is 6.07 Å². The van der Waals surface area contributed by atoms with Crippen molar-refractivity contribution in [3.63, 3.8) is 0 Å². The van der Waals surface area contributed by atoms with Crippen LogP contribution in [0.25, 0.3) is 0 Å². The summed E-state index contributed by atoms with van der Waals surface area (Å²) in [6, 6.07) is 4.45. The van der Waals surface area contributed by atoms with Gasteiger partial charge in [-0.2, -0.15) is 5.26 Å². The zero-order valence-corrected chi connectivity index (χ0v) is 8.12. The Hall–Kier alpha value is -1.28. The zero-order valence-electron chi connectivity index (χ0n) is 7.37. The largest absolute Gasteiger partial charge is 0.396 e. The van der Waals surface area contributed by atoms with Gasteiger partial charge in [0.15, 0.2) is 0 Å². The van der Waals surface area contributed by atoms with Gasteiger partial charge >= 0.3 is 0 Å². The molecule has 0 radical (unpaired) electrons. The van der Waals surface area contributed by atoms with E-state index < -0.39 is 6.04 Å². The fourth-order valence-electron chi connectivity index (χ4n) is 1.05. The number of hydrogen-bond acceptors (Lipinski definition) is 4. The van der Waals surface area contributed by atoms with Gasteiger partial charge in [0.1, 0.15) is 6.07 Å². The minimum Gasteiger partial charge on any atom is -0.396 e. The molecule has 1 unspecified atom stereocenters. The van der Waals surface area contributed by atoms with Gasteiger partial charge < -0.3 is 16.6 Å². The van der Waals surface area contributed by atoms with Crippen molar-refractivity contribution in [2.45, 2.75) is 6.04 Å². The number of nitrogens with zero attached hydrogens (tertiary/aromatic N) is 1. The lowest BCUT2D eigenvalue weighted by Crippen LogP contribution is -2.14. The van der Waals surface area contributed by atoms with Crippen LogP contribution in [0.5, 0.6) is 0 Å². The Bertz CT molecular complexity index is 386. The molecule has 74 valence electrons. The molecule has 5 heteroatoms. The van der Waals surface area contributed by atoms with Crippen LogP contribution in [0.4, 0.5) is 5.69 Å². The SMILES string of the molecule is N#Cc1cc(C(N)CO)cc(Cl)c1N. The molecule has 1 atom stereocenters. The summed E-state index contributed by atoms with van der Waals surface area (Å²) in [4.78, 5) is 0. The van der Waals surface area contributed by atoms with Gasteiger partial charge in [-0.3, -0.25) is 0 Å². The number of hydrogen-bond donors (Lipinski definition) is 3. The van der Waals surface area contributed by atoms with E-state index in [1.54, 1.807) is 6.07 Å². The van der Waals surface area contributed by atoms with E-state index in [0.29, 0.717) is 5.56 Å². The normalized spacial score (nSPS) is 12.1. The van der Waals surface area contributed by atoms with E-state index in [0.717, 1.165) is 0 Å². The van der Waals surface area contributed by atoms with Crippen molar-refractivity contribution in [2.75, 3.05) is 12.3 Å². The molecular weight excluding hydrogens is 202 g/mol. The molecule has 0 spiro atoms. The molecule has 0 aliphatic rings. The Labute approximate surface area is 86.7 Å². The first-order valence-corrected chi connectivity index (χ1v) is 4.33. The molecule has 0 heterocycles. The van der Waals surface area contributed by atoms with Crippen molar-refractivity contribution in [3.05, 3.63) is 28.3 Å². The molecule has 0 aromatic heterocycles. The number of nitrogens with two attached hydrogens (primary N) is 2. The molecule has 5 N–H and O–H groups in total. The summed E-state index contributed by atoms with van der Waals surface area (Å²) < 4.78 is 0. The van der Waals surface area contributed by atoms with E-state index in [4.69, 9.17) is 33.4 Å². The average Bonchev–Trinajstić information content (AvgIpc) is 2.20. The molecule has 0 aliphatic heterocycles. The third kappa shape index (κ3) is 1.96. The number of nitriles is 1. The minimum atomic E-state index is -0.541. The van der Waals surface area contributed by atoms with Crippen LogP contribution < -0.4 is 11.5 Å². The smallest absolute Gasteiger partial charge is 0.101 e. The maximum atomic E-state index is 8.83. The monoisotopic (exact) mass is 211 g/mol. The van der Waals surface area contributed by atoms with Crippen molar-refractivity contribution in [1.29, 1.82) is 5.26 Å². The number of rotatable bonds is 2. The number of halogens is 1. The summed E-state index contributed by atoms with van der Waals surface area (Å²) in [6.45, 7) is -0.203. The maximum Gasteiger partial charge on any atom is 0.101 e. The second-order valence-corrected chi connectivity index (χ2v) is 3.27. The Kier molecular flexibility index (Phi) is 3.31. The highest BCUT2D eigenvalue weighted by atomic mass is 35.5. The van der Waals surface area contributed by atoms with Crippen LogP contribution in [-0.4, -0.2) is 11.7 Å². The van der Waals surface area contributed by atoms with Crippen molar-refractivity contribution < 1.29 is 5.11 Å². The van der Waals surface area contributed by atoms with E-state index in [-0.39, 0.29) is 22.9 Å². The van der Waals surface area contributed by atoms with Gasteiger partial charge in [0.25, 0.3) is 0 Å². The summed E-state index contributed by atoms with van der Waals surface area (Å²) in [5.74, 6) is 0. The third-order valence-corrected chi connectivity index (χ3v) is 2.21. The lowest BCUT2D eigenvalue weighted by molar-refractivity contribution is 0.268. The summed E-state index contributed by atoms with van der Waals surface area (Å²) in [6.07, 6.45) is 0. The number of anilines is 1. The first-order chi connectivity index (χ1) is 6.60. The Morgan fingerprint density at radius 3 is 2.71 bits per heavy atom. The van der Waals surface area contributed by atoms with Crippen molar-refractivity contribution in [1.82, 2.24) is 0 Å². The number of aliphatic hydroxyl groups is 1. The van der Waals surface area contributed by atoms with E-state index in [9.17, 15) is 0 Å². The predicted molar refractivity (Wildman–Crippen MR) is 54.6 cm³/mol. The fourth-order valence-corrected chi connectivity index (χ4v) is 1.28. The van der Waals surface area contributed by atoms with Gasteiger partial charge in [-0.15, -0.1) is 0 Å². The topological polar surface area (TPSA) is 96.1 Å². The molecule has 0 saturated carbocycles. The van der Waals surface area contributed by atoms with E-state index in [2.05, 4.69) is 0 Å². The van der Waals surface area contributed by atoms with Crippen LogP contribution in [0.2, 0.25) is 5.02 Å². The standard InChI is InChI=1S/C9H10ClN3O/c10-7-2-5(8(12)4-14)1-6(3-11)9(7)13/h1-2,8,14H,4,12-13H2. The average molecular weight is 212 g/mol. The van der Waals surface area contributed by atoms with Gasteiger partial charge in [-0.25, -0.2) is 0 Å². The summed E-state index contributed by atoms with van der Waals surface area (Å²) in [7, 11) is 0. The molecule has 0 saturated heterocycles. The second kappa shape index (κ2) is 4.29. The quantitative estimate of drug-likeness (QED) is 0.630. The Morgan fingerprint density at radius 1 is 1.57 bits per heavy atom. The van der Waals surface area contributed by atoms with Crippen molar-refractivity contribution in [3.8, 4) is 6.07 Å². The summed E-state index contributed by atoms with van der Waals surface area (Å²) in [5.41, 5.74) is 12.2. The fraction of sp³-hybridized carbons (Fsp3) is 0.222. The number of benzene rings is 1. The van der Waals surface area contributed by atoms with Crippen molar-refractivity contribution in [2.24, 2.45) is 5.73 Å². The molecule has 1 aromatic carbocycles. The van der Waals surface area contributed by atoms with Crippen LogP contribution in [0.1, 0.15) is 17.2 Å². The molecule has 0 aliphatic carbocycles. The van der Waals surface area contributed by atoms with Crippen LogP contribution in [0.15, 0.2) is 12.1 Å². The highest BCUT2D eigenvalue weighted by molar-refractivity contribution is 6.33. The lowest BCUT2D eigenvalue weighted by Gasteiger charge is -2.10. The van der Waals surface area contributed by atoms with Crippen LogP contribution >= 0.6 is 11.6 Å². The van der Waals surface area contributed by atoms with Crippen molar-refractivity contribution >= 4 is 17.3 Å². The van der Waals surface area contributed by atoms with Gasteiger partial charge in [0, 0.05) is 0 Å². The van der Waals surface area contributed by atoms with E-state index >= 15 is 0 Å². The first-order valence-electron chi connectivity index (χ1n) is 3.95. The lowest BCUT2D eigenvalue weighted by atomic mass is 10.0. The van der Waals surface area contributed by atoms with Gasteiger partial charge in [0.05, 0.1) is 28.9 Å². The highest BCUT2D eigenvalue weighted by Gasteiger charge is 2.10. The molecular formula is C9H10ClN3O. The summed E-state index contributed by atoms with van der Waals surface area (Å²) in [5, 5.41) is 17.8. The second-order valence-electron chi connectivity index (χ2n) is 2.86. The van der Waals surface area contributed by atoms with Gasteiger partial charge in [-0.1, -0.05) is 11.6 Å². The minimum absolute atomic E-state index is 0.203. The molecule has 1 aromatic rings. The van der Waals surface area contributed by atoms with Gasteiger partial charge in [-0.05, 0) is 17.7 Å². The first kappa shape index (κ1) is 10.8. The maximum absolute atomic E-state index is 8.83. The van der Waals surface area contributed by atoms with Crippen LogP contribution in [-0.2, 0) is 0 Å². The molecule has 0 bridgehead atoms. The van der Waals surface area contributed by atoms with Crippen LogP contribution in [0, 0.1) is 11.3 Å². The predicted octanol–water partition coefficient (Wildman–Crippen LogP) is 0.786. The molecule has 0 fully saturated rings. The Balaban J connectivity index is 3.24. The van der Waals surface area contributed by atoms with E-state index in [1.807, 2.05) is 6.07 Å². The zero-order chi connectivity index (χ0) is 10.7. The highest BCUT2D eigenvalue weighted by Crippen LogP contribution is 2.26. The summed E-state index contributed by atoms with van der Waals surface area (Å²) >= 11 is 5.79. The van der Waals surface area contributed by atoms with Crippen LogP contribution in [0.3, 0.4) is 0 Å². The number of nitrogen functional groups attached to an aromatic ring is 1. The van der Waals surface area contributed by atoms with Gasteiger partial charge in [0.2, 0.25) is 0 Å². The third-order valence-electron chi connectivity index (χ3n) is 1.90. The Morgan fingerprint density at radius 2 is 2.21 bits per heavy atom. The molecule has 1 rings (SSSR count). The molecule has 4 nitrogen and oxygen atoms in total.